The molecular formula is C5H13O2PS. The van der Waals surface area contributed by atoms with Crippen LogP contribution in [0.3, 0.4) is 0 Å². The smallest absolute Gasteiger partial charge is 0.186 e. The highest BCUT2D eigenvalue weighted by atomic mass is 32.5. The van der Waals surface area contributed by atoms with Gasteiger partial charge < -0.3 is 9.42 Å². The van der Waals surface area contributed by atoms with Crippen LogP contribution in [0.2, 0.25) is 0 Å². The normalized spacial score (nSPS) is 17.9. The number of hydrogen-bond donors (Lipinski definition) is 1. The molecule has 9 heavy (non-hydrogen) atoms. The average Bonchev–Trinajstić information content (AvgIpc) is 1.63. The molecule has 0 aliphatic rings. The molecule has 0 heterocycles. The summed E-state index contributed by atoms with van der Waals surface area (Å²) in [7, 11) is 0. The van der Waals surface area contributed by atoms with E-state index in [1.54, 1.807) is 0 Å². The molecule has 0 fully saturated rings. The van der Waals surface area contributed by atoms with Gasteiger partial charge in [-0.25, -0.2) is 0 Å². The van der Waals surface area contributed by atoms with E-state index in [0.717, 1.165) is 0 Å². The zero-order valence-electron chi connectivity index (χ0n) is 6.00. The van der Waals surface area contributed by atoms with E-state index >= 15 is 0 Å². The zero-order chi connectivity index (χ0) is 7.49. The van der Waals surface area contributed by atoms with Gasteiger partial charge in [-0.2, -0.15) is 0 Å². The lowest BCUT2D eigenvalue weighted by Gasteiger charge is -2.15. The van der Waals surface area contributed by atoms with Crippen LogP contribution in [-0.2, 0) is 16.3 Å². The molecule has 4 heteroatoms. The summed E-state index contributed by atoms with van der Waals surface area (Å²) in [4.78, 5) is 9.20. The number of rotatable bonds is 3. The van der Waals surface area contributed by atoms with Gasteiger partial charge in [-0.15, -0.1) is 0 Å². The van der Waals surface area contributed by atoms with E-state index < -0.39 is 6.49 Å². The highest BCUT2D eigenvalue weighted by Crippen LogP contribution is 2.42. The van der Waals surface area contributed by atoms with Crippen molar-refractivity contribution >= 4 is 18.3 Å². The molecule has 0 aliphatic carbocycles. The Morgan fingerprint density at radius 1 is 1.67 bits per heavy atom. The molecule has 1 atom stereocenters. The fourth-order valence-electron chi connectivity index (χ4n) is 0.404. The van der Waals surface area contributed by atoms with Crippen molar-refractivity contribution in [1.82, 2.24) is 0 Å². The standard InChI is InChI=1S/C5H13O2PS/c1-4-8(6,9)7-5(2)3/h5H,4H2,1-3H3,(H,6,9). The molecule has 0 aromatic rings. The van der Waals surface area contributed by atoms with E-state index in [9.17, 15) is 4.89 Å². The molecule has 0 radical (unpaired) electrons. The molecule has 0 bridgehead atoms. The van der Waals surface area contributed by atoms with Crippen molar-refractivity contribution < 1.29 is 9.42 Å². The lowest BCUT2D eigenvalue weighted by atomic mass is 10.5. The Balaban J connectivity index is 3.73. The third-order valence-electron chi connectivity index (χ3n) is 0.775. The Labute approximate surface area is 61.4 Å². The van der Waals surface area contributed by atoms with Crippen molar-refractivity contribution in [3.63, 3.8) is 0 Å². The summed E-state index contributed by atoms with van der Waals surface area (Å²) in [5.74, 6) is 0. The van der Waals surface area contributed by atoms with Gasteiger partial charge in [-0.1, -0.05) is 6.92 Å². The van der Waals surface area contributed by atoms with Gasteiger partial charge in [0.25, 0.3) is 0 Å². The summed E-state index contributed by atoms with van der Waals surface area (Å²) in [6.45, 7) is 3.18. The van der Waals surface area contributed by atoms with Gasteiger partial charge in [-0.05, 0) is 25.7 Å². The Kier molecular flexibility index (Phi) is 3.90. The van der Waals surface area contributed by atoms with Gasteiger partial charge >= 0.3 is 0 Å². The van der Waals surface area contributed by atoms with Crippen LogP contribution in [0.15, 0.2) is 0 Å². The Morgan fingerprint density at radius 3 is 2.22 bits per heavy atom. The van der Waals surface area contributed by atoms with E-state index in [4.69, 9.17) is 16.3 Å². The first kappa shape index (κ1) is 9.57. The first-order valence-corrected chi connectivity index (χ1v) is 5.84. The second-order valence-corrected chi connectivity index (χ2v) is 5.94. The highest BCUT2D eigenvalue weighted by molar-refractivity contribution is 8.09. The molecule has 56 valence electrons. The van der Waals surface area contributed by atoms with Crippen molar-refractivity contribution in [2.24, 2.45) is 0 Å². The molecule has 0 spiro atoms. The van der Waals surface area contributed by atoms with Crippen LogP contribution in [-0.4, -0.2) is 17.2 Å². The fraction of sp³-hybridized carbons (Fsp3) is 1.00. The van der Waals surface area contributed by atoms with Crippen LogP contribution in [0, 0.1) is 0 Å². The van der Waals surface area contributed by atoms with E-state index in [1.165, 1.54) is 0 Å². The summed E-state index contributed by atoms with van der Waals surface area (Å²) < 4.78 is 5.07. The molecule has 1 N–H and O–H groups in total. The second kappa shape index (κ2) is 3.67. The SMILES string of the molecule is CCP(O)(=S)OC(C)C. The summed E-state index contributed by atoms with van der Waals surface area (Å²) in [6, 6.07) is 0. The monoisotopic (exact) mass is 168 g/mol. The van der Waals surface area contributed by atoms with Crippen LogP contribution in [0.4, 0.5) is 0 Å². The summed E-state index contributed by atoms with van der Waals surface area (Å²) in [6.07, 6.45) is 0.598. The minimum absolute atomic E-state index is 0.0424. The van der Waals surface area contributed by atoms with Gasteiger partial charge in [0.15, 0.2) is 6.49 Å². The lowest BCUT2D eigenvalue weighted by molar-refractivity contribution is 0.239. The molecule has 2 nitrogen and oxygen atoms in total. The van der Waals surface area contributed by atoms with Crippen LogP contribution in [0.5, 0.6) is 0 Å². The Morgan fingerprint density at radius 2 is 2.11 bits per heavy atom. The zero-order valence-corrected chi connectivity index (χ0v) is 7.71. The fourth-order valence-corrected chi connectivity index (χ4v) is 1.73. The number of hydrogen-bond acceptors (Lipinski definition) is 2. The predicted molar refractivity (Wildman–Crippen MR) is 43.3 cm³/mol. The van der Waals surface area contributed by atoms with Gasteiger partial charge in [0.2, 0.25) is 0 Å². The Bertz CT molecular complexity index is 124. The van der Waals surface area contributed by atoms with Crippen molar-refractivity contribution in [2.45, 2.75) is 26.9 Å². The van der Waals surface area contributed by atoms with E-state index in [1.807, 2.05) is 20.8 Å². The van der Waals surface area contributed by atoms with Crippen LogP contribution in [0.25, 0.3) is 0 Å². The van der Waals surface area contributed by atoms with Gasteiger partial charge in [0.1, 0.15) is 0 Å². The summed E-state index contributed by atoms with van der Waals surface area (Å²) in [5, 5.41) is 0. The van der Waals surface area contributed by atoms with E-state index in [-0.39, 0.29) is 6.10 Å². The highest BCUT2D eigenvalue weighted by Gasteiger charge is 2.11. The maximum Gasteiger partial charge on any atom is 0.186 e. The molecule has 0 rings (SSSR count). The molecule has 0 aromatic carbocycles. The quantitative estimate of drug-likeness (QED) is 0.651. The van der Waals surface area contributed by atoms with Gasteiger partial charge in [0.05, 0.1) is 6.10 Å². The first-order chi connectivity index (χ1) is 3.98. The maximum absolute atomic E-state index is 9.20. The van der Waals surface area contributed by atoms with Crippen molar-refractivity contribution in [3.05, 3.63) is 0 Å². The molecule has 0 saturated carbocycles. The third kappa shape index (κ3) is 5.04. The summed E-state index contributed by atoms with van der Waals surface area (Å²) in [5.41, 5.74) is 0. The van der Waals surface area contributed by atoms with Crippen molar-refractivity contribution in [2.75, 3.05) is 6.16 Å². The van der Waals surface area contributed by atoms with E-state index in [0.29, 0.717) is 6.16 Å². The molecule has 0 aromatic heterocycles. The predicted octanol–water partition coefficient (Wildman–Crippen LogP) is 1.73. The average molecular weight is 168 g/mol. The molecule has 0 aliphatic heterocycles. The van der Waals surface area contributed by atoms with Gasteiger partial charge in [-0.3, -0.25) is 0 Å². The molecular weight excluding hydrogens is 155 g/mol. The first-order valence-electron chi connectivity index (χ1n) is 2.98. The maximum atomic E-state index is 9.20. The lowest BCUT2D eigenvalue weighted by Crippen LogP contribution is -2.00. The van der Waals surface area contributed by atoms with Gasteiger partial charge in [0, 0.05) is 6.16 Å². The van der Waals surface area contributed by atoms with Crippen LogP contribution >= 0.6 is 6.49 Å². The Hall–Kier alpha value is 0.570. The van der Waals surface area contributed by atoms with Crippen molar-refractivity contribution in [1.29, 1.82) is 0 Å². The largest absolute Gasteiger partial charge is 0.345 e. The van der Waals surface area contributed by atoms with Crippen molar-refractivity contribution in [3.8, 4) is 0 Å². The molecule has 0 amide bonds. The minimum Gasteiger partial charge on any atom is -0.345 e. The van der Waals surface area contributed by atoms with Crippen LogP contribution in [0.1, 0.15) is 20.8 Å². The second-order valence-electron chi connectivity index (χ2n) is 2.11. The van der Waals surface area contributed by atoms with E-state index in [2.05, 4.69) is 0 Å². The third-order valence-corrected chi connectivity index (χ3v) is 3.36. The summed E-state index contributed by atoms with van der Waals surface area (Å²) >= 11 is 4.77. The topological polar surface area (TPSA) is 29.5 Å². The molecule has 1 unspecified atom stereocenters. The minimum atomic E-state index is -2.40. The molecule has 0 saturated heterocycles. The van der Waals surface area contributed by atoms with Crippen LogP contribution < -0.4 is 0 Å².